The predicted molar refractivity (Wildman–Crippen MR) is 108 cm³/mol. The SMILES string of the molecule is O=C(c1ccccc1)c1ccccc1N(Cc1ccccc1)C(=O)CBr. The number of amides is 1. The molecule has 0 heterocycles. The van der Waals surface area contributed by atoms with E-state index in [1.165, 1.54) is 0 Å². The van der Waals surface area contributed by atoms with Gasteiger partial charge in [-0.15, -0.1) is 0 Å². The van der Waals surface area contributed by atoms with Gasteiger partial charge >= 0.3 is 0 Å². The van der Waals surface area contributed by atoms with Crippen LogP contribution in [0.4, 0.5) is 5.69 Å². The van der Waals surface area contributed by atoms with Gasteiger partial charge in [0.2, 0.25) is 5.91 Å². The summed E-state index contributed by atoms with van der Waals surface area (Å²) in [6.07, 6.45) is 0. The summed E-state index contributed by atoms with van der Waals surface area (Å²) in [5, 5.41) is 0.188. The van der Waals surface area contributed by atoms with E-state index in [4.69, 9.17) is 0 Å². The van der Waals surface area contributed by atoms with Crippen molar-refractivity contribution in [2.45, 2.75) is 6.54 Å². The molecule has 3 aromatic carbocycles. The molecule has 0 aromatic heterocycles. The minimum atomic E-state index is -0.0957. The number of alkyl halides is 1. The molecule has 3 rings (SSSR count). The van der Waals surface area contributed by atoms with Crippen molar-refractivity contribution in [2.24, 2.45) is 0 Å². The molecule has 0 saturated carbocycles. The number of anilines is 1. The van der Waals surface area contributed by atoms with Crippen LogP contribution in [0.15, 0.2) is 84.9 Å². The molecule has 0 aliphatic carbocycles. The third kappa shape index (κ3) is 4.09. The van der Waals surface area contributed by atoms with Crippen LogP contribution >= 0.6 is 15.9 Å². The zero-order valence-corrected chi connectivity index (χ0v) is 15.7. The molecule has 0 atom stereocenters. The maximum absolute atomic E-state index is 13.0. The van der Waals surface area contributed by atoms with Gasteiger partial charge in [-0.05, 0) is 17.7 Å². The molecule has 0 aliphatic heterocycles. The second kappa shape index (κ2) is 8.59. The largest absolute Gasteiger partial charge is 0.307 e. The maximum atomic E-state index is 13.0. The Morgan fingerprint density at radius 2 is 1.35 bits per heavy atom. The van der Waals surface area contributed by atoms with E-state index in [1.807, 2.05) is 66.7 Å². The summed E-state index contributed by atoms with van der Waals surface area (Å²) in [6.45, 7) is 0.407. The summed E-state index contributed by atoms with van der Waals surface area (Å²) in [7, 11) is 0. The zero-order valence-electron chi connectivity index (χ0n) is 14.1. The number of hydrogen-bond acceptors (Lipinski definition) is 2. The standard InChI is InChI=1S/C22H18BrNO2/c23-15-21(25)24(16-17-9-3-1-4-10-17)20-14-8-7-13-19(20)22(26)18-11-5-2-6-12-18/h1-14H,15-16H2. The molecule has 26 heavy (non-hydrogen) atoms. The fraction of sp³-hybridized carbons (Fsp3) is 0.0909. The molecule has 130 valence electrons. The highest BCUT2D eigenvalue weighted by Crippen LogP contribution is 2.25. The van der Waals surface area contributed by atoms with Crippen molar-refractivity contribution in [3.8, 4) is 0 Å². The molecule has 3 aromatic rings. The van der Waals surface area contributed by atoms with Crippen molar-refractivity contribution in [1.82, 2.24) is 0 Å². The van der Waals surface area contributed by atoms with Gasteiger partial charge in [0.15, 0.2) is 5.78 Å². The summed E-state index contributed by atoms with van der Waals surface area (Å²) < 4.78 is 0. The Balaban J connectivity index is 2.02. The smallest absolute Gasteiger partial charge is 0.237 e. The van der Waals surface area contributed by atoms with Crippen molar-refractivity contribution in [2.75, 3.05) is 10.2 Å². The summed E-state index contributed by atoms with van der Waals surface area (Å²) in [5.74, 6) is -0.191. The number of nitrogens with zero attached hydrogens (tertiary/aromatic N) is 1. The average Bonchev–Trinajstić information content (AvgIpc) is 2.72. The van der Waals surface area contributed by atoms with Gasteiger partial charge in [0, 0.05) is 11.1 Å². The first kappa shape index (κ1) is 18.1. The van der Waals surface area contributed by atoms with Crippen LogP contribution < -0.4 is 4.90 Å². The Hall–Kier alpha value is -2.72. The van der Waals surface area contributed by atoms with Gasteiger partial charge in [0.1, 0.15) is 0 Å². The average molecular weight is 408 g/mol. The molecule has 0 radical (unpaired) electrons. The minimum absolute atomic E-state index is 0.0952. The van der Waals surface area contributed by atoms with E-state index >= 15 is 0 Å². The summed E-state index contributed by atoms with van der Waals surface area (Å²) in [5.41, 5.74) is 2.74. The fourth-order valence-corrected chi connectivity index (χ4v) is 3.09. The van der Waals surface area contributed by atoms with Gasteiger partial charge in [-0.3, -0.25) is 9.59 Å². The van der Waals surface area contributed by atoms with Gasteiger partial charge in [-0.25, -0.2) is 0 Å². The van der Waals surface area contributed by atoms with Crippen molar-refractivity contribution < 1.29 is 9.59 Å². The van der Waals surface area contributed by atoms with Crippen molar-refractivity contribution in [1.29, 1.82) is 0 Å². The van der Waals surface area contributed by atoms with E-state index in [1.54, 1.807) is 23.1 Å². The topological polar surface area (TPSA) is 37.4 Å². The molecular formula is C22H18BrNO2. The number of hydrogen-bond donors (Lipinski definition) is 0. The zero-order chi connectivity index (χ0) is 18.4. The van der Waals surface area contributed by atoms with Crippen LogP contribution in [0.1, 0.15) is 21.5 Å². The Bertz CT molecular complexity index is 894. The lowest BCUT2D eigenvalue weighted by molar-refractivity contribution is -0.116. The van der Waals surface area contributed by atoms with E-state index < -0.39 is 0 Å². The van der Waals surface area contributed by atoms with Gasteiger partial charge in [0.05, 0.1) is 17.6 Å². The van der Waals surface area contributed by atoms with E-state index in [0.29, 0.717) is 23.4 Å². The molecule has 0 bridgehead atoms. The summed E-state index contributed by atoms with van der Waals surface area (Å²) in [6, 6.07) is 26.1. The monoisotopic (exact) mass is 407 g/mol. The molecule has 0 unspecified atom stereocenters. The summed E-state index contributed by atoms with van der Waals surface area (Å²) in [4.78, 5) is 27.2. The molecule has 1 amide bonds. The molecular weight excluding hydrogens is 390 g/mol. The molecule has 3 nitrogen and oxygen atoms in total. The summed E-state index contributed by atoms with van der Waals surface area (Å²) >= 11 is 3.26. The number of carbonyl (C=O) groups is 2. The number of para-hydroxylation sites is 1. The first-order chi connectivity index (χ1) is 12.7. The van der Waals surface area contributed by atoms with Crippen molar-refractivity contribution >= 4 is 33.3 Å². The highest BCUT2D eigenvalue weighted by atomic mass is 79.9. The first-order valence-electron chi connectivity index (χ1n) is 8.29. The van der Waals surface area contributed by atoms with Crippen LogP contribution in [-0.4, -0.2) is 17.0 Å². The maximum Gasteiger partial charge on any atom is 0.237 e. The van der Waals surface area contributed by atoms with Crippen LogP contribution in [0.25, 0.3) is 0 Å². The van der Waals surface area contributed by atoms with Crippen LogP contribution in [0.3, 0.4) is 0 Å². The van der Waals surface area contributed by atoms with E-state index in [-0.39, 0.29) is 17.0 Å². The third-order valence-corrected chi connectivity index (χ3v) is 4.55. The van der Waals surface area contributed by atoms with Crippen LogP contribution in [0.2, 0.25) is 0 Å². The highest BCUT2D eigenvalue weighted by Gasteiger charge is 2.21. The molecule has 0 N–H and O–H groups in total. The lowest BCUT2D eigenvalue weighted by atomic mass is 10.0. The van der Waals surface area contributed by atoms with Gasteiger partial charge in [0.25, 0.3) is 0 Å². The van der Waals surface area contributed by atoms with Crippen molar-refractivity contribution in [3.63, 3.8) is 0 Å². The lowest BCUT2D eigenvalue weighted by Crippen LogP contribution is -2.32. The molecule has 0 saturated heterocycles. The van der Waals surface area contributed by atoms with E-state index in [9.17, 15) is 9.59 Å². The predicted octanol–water partition coefficient (Wildman–Crippen LogP) is 4.85. The number of ketones is 1. The third-order valence-electron chi connectivity index (χ3n) is 4.07. The number of rotatable bonds is 6. The fourth-order valence-electron chi connectivity index (χ4n) is 2.79. The Kier molecular flexibility index (Phi) is 5.97. The second-order valence-corrected chi connectivity index (χ2v) is 6.37. The van der Waals surface area contributed by atoms with E-state index in [2.05, 4.69) is 15.9 Å². The van der Waals surface area contributed by atoms with Crippen LogP contribution in [0, 0.1) is 0 Å². The van der Waals surface area contributed by atoms with Crippen molar-refractivity contribution in [3.05, 3.63) is 102 Å². The molecule has 0 spiro atoms. The van der Waals surface area contributed by atoms with Gasteiger partial charge in [-0.2, -0.15) is 0 Å². The molecule has 0 fully saturated rings. The Labute approximate surface area is 161 Å². The Morgan fingerprint density at radius 1 is 0.769 bits per heavy atom. The molecule has 4 heteroatoms. The quantitative estimate of drug-likeness (QED) is 0.432. The van der Waals surface area contributed by atoms with Crippen LogP contribution in [0.5, 0.6) is 0 Å². The molecule has 0 aliphatic rings. The highest BCUT2D eigenvalue weighted by molar-refractivity contribution is 9.09. The number of carbonyl (C=O) groups excluding carboxylic acids is 2. The normalized spacial score (nSPS) is 10.3. The number of halogens is 1. The van der Waals surface area contributed by atoms with Gasteiger partial charge < -0.3 is 4.90 Å². The van der Waals surface area contributed by atoms with E-state index in [0.717, 1.165) is 5.56 Å². The van der Waals surface area contributed by atoms with Gasteiger partial charge in [-0.1, -0.05) is 88.7 Å². The number of benzene rings is 3. The minimum Gasteiger partial charge on any atom is -0.307 e. The Morgan fingerprint density at radius 3 is 2.00 bits per heavy atom. The van der Waals surface area contributed by atoms with Crippen LogP contribution in [-0.2, 0) is 11.3 Å². The lowest BCUT2D eigenvalue weighted by Gasteiger charge is -2.24. The second-order valence-electron chi connectivity index (χ2n) is 5.81. The first-order valence-corrected chi connectivity index (χ1v) is 9.42.